The molecule has 0 atom stereocenters. The van der Waals surface area contributed by atoms with Crippen LogP contribution in [0.2, 0.25) is 0 Å². The highest BCUT2D eigenvalue weighted by Crippen LogP contribution is 2.47. The van der Waals surface area contributed by atoms with Crippen LogP contribution in [0, 0.1) is 27.7 Å². The maximum absolute atomic E-state index is 14.7. The van der Waals surface area contributed by atoms with Crippen molar-refractivity contribution in [2.24, 2.45) is 0 Å². The second-order valence-corrected chi connectivity index (χ2v) is 15.5. The van der Waals surface area contributed by atoms with Gasteiger partial charge in [-0.1, -0.05) is 109 Å². The van der Waals surface area contributed by atoms with Gasteiger partial charge < -0.3 is 19.6 Å². The van der Waals surface area contributed by atoms with Crippen molar-refractivity contribution in [3.63, 3.8) is 0 Å². The van der Waals surface area contributed by atoms with Crippen LogP contribution in [0.5, 0.6) is 0 Å². The second-order valence-electron chi connectivity index (χ2n) is 15.5. The number of benzene rings is 6. The number of fused-ring (bicyclic) bond motifs is 1. The fourth-order valence-electron chi connectivity index (χ4n) is 8.23. The standard InChI is InChI=1S/C52H52N4O/c1-7-33-53-35-48-49(51(53)41-19-31-47(32-20-41)56(44-25-13-38(5)14-26-44)45-27-15-39(6)16-28-45)52(57)54(34-8-2)50(48)40-17-29-46(30-18-40)55(42-21-9-36(3)10-22-42)43-23-11-37(4)12-24-43/h9-32H,7-8,33-35H2,1-6H3. The Morgan fingerprint density at radius 3 is 1.09 bits per heavy atom. The molecule has 0 spiro atoms. The Kier molecular flexibility index (Phi) is 10.6. The van der Waals surface area contributed by atoms with Crippen LogP contribution in [0.4, 0.5) is 34.1 Å². The fourth-order valence-corrected chi connectivity index (χ4v) is 8.23. The zero-order valence-electron chi connectivity index (χ0n) is 34.1. The highest BCUT2D eigenvalue weighted by atomic mass is 16.2. The normalized spacial score (nSPS) is 13.8. The molecule has 286 valence electrons. The van der Waals surface area contributed by atoms with E-state index in [1.165, 1.54) is 22.3 Å². The second kappa shape index (κ2) is 16.0. The lowest BCUT2D eigenvalue weighted by Crippen LogP contribution is -2.29. The first-order valence-electron chi connectivity index (χ1n) is 20.4. The smallest absolute Gasteiger partial charge is 0.260 e. The van der Waals surface area contributed by atoms with E-state index in [0.29, 0.717) is 13.1 Å². The fraction of sp³-hybridized carbons (Fsp3) is 0.212. The van der Waals surface area contributed by atoms with Crippen LogP contribution >= 0.6 is 0 Å². The number of aryl methyl sites for hydroxylation is 4. The summed E-state index contributed by atoms with van der Waals surface area (Å²) in [6.07, 6.45) is 1.86. The molecule has 0 radical (unpaired) electrons. The van der Waals surface area contributed by atoms with Gasteiger partial charge in [-0.3, -0.25) is 4.79 Å². The molecule has 2 heterocycles. The van der Waals surface area contributed by atoms with Gasteiger partial charge in [0, 0.05) is 59.3 Å². The molecule has 0 bridgehead atoms. The van der Waals surface area contributed by atoms with Crippen LogP contribution in [0.25, 0.3) is 11.4 Å². The van der Waals surface area contributed by atoms with Gasteiger partial charge in [0.25, 0.3) is 5.91 Å². The minimum atomic E-state index is 0.102. The van der Waals surface area contributed by atoms with Gasteiger partial charge in [0.15, 0.2) is 0 Å². The summed E-state index contributed by atoms with van der Waals surface area (Å²) < 4.78 is 0. The number of rotatable bonds is 12. The maximum Gasteiger partial charge on any atom is 0.260 e. The molecule has 0 saturated carbocycles. The number of anilines is 6. The first-order chi connectivity index (χ1) is 27.7. The number of carbonyl (C=O) groups is 1. The Bertz CT molecular complexity index is 2330. The van der Waals surface area contributed by atoms with Gasteiger partial charge in [-0.2, -0.15) is 0 Å². The van der Waals surface area contributed by atoms with E-state index in [2.05, 4.69) is 202 Å². The minimum absolute atomic E-state index is 0.102. The summed E-state index contributed by atoms with van der Waals surface area (Å²) in [4.78, 5) is 23.7. The molecule has 0 unspecified atom stereocenters. The van der Waals surface area contributed by atoms with Crippen LogP contribution in [0.15, 0.2) is 157 Å². The molecule has 2 aliphatic heterocycles. The largest absolute Gasteiger partial charge is 0.366 e. The van der Waals surface area contributed by atoms with Gasteiger partial charge in [-0.25, -0.2) is 0 Å². The lowest BCUT2D eigenvalue weighted by atomic mass is 10.0. The van der Waals surface area contributed by atoms with Crippen molar-refractivity contribution in [1.29, 1.82) is 0 Å². The Morgan fingerprint density at radius 2 is 0.754 bits per heavy atom. The molecule has 0 fully saturated rings. The summed E-state index contributed by atoms with van der Waals surface area (Å²) in [5, 5.41) is 0. The average Bonchev–Trinajstić information content (AvgIpc) is 3.72. The Hall–Kier alpha value is -6.33. The summed E-state index contributed by atoms with van der Waals surface area (Å²) in [7, 11) is 0. The van der Waals surface area contributed by atoms with Crippen LogP contribution < -0.4 is 9.80 Å². The van der Waals surface area contributed by atoms with Crippen molar-refractivity contribution < 1.29 is 4.79 Å². The highest BCUT2D eigenvalue weighted by molar-refractivity contribution is 6.16. The zero-order valence-corrected chi connectivity index (χ0v) is 34.1. The van der Waals surface area contributed by atoms with Crippen LogP contribution in [-0.2, 0) is 4.79 Å². The predicted molar refractivity (Wildman–Crippen MR) is 239 cm³/mol. The van der Waals surface area contributed by atoms with E-state index in [-0.39, 0.29) is 5.91 Å². The summed E-state index contributed by atoms with van der Waals surface area (Å²) in [6, 6.07) is 52.4. The Labute approximate surface area is 338 Å². The molecule has 5 nitrogen and oxygen atoms in total. The number of nitrogens with zero attached hydrogens (tertiary/aromatic N) is 4. The van der Waals surface area contributed by atoms with Gasteiger partial charge >= 0.3 is 0 Å². The number of carbonyl (C=O) groups excluding carboxylic acids is 1. The van der Waals surface area contributed by atoms with E-state index in [4.69, 9.17) is 0 Å². The molecule has 0 N–H and O–H groups in total. The van der Waals surface area contributed by atoms with E-state index in [1.807, 2.05) is 4.90 Å². The van der Waals surface area contributed by atoms with Crippen molar-refractivity contribution in [3.05, 3.63) is 190 Å². The summed E-state index contributed by atoms with van der Waals surface area (Å²) in [6.45, 7) is 15.1. The van der Waals surface area contributed by atoms with Crippen LogP contribution in [-0.4, -0.2) is 35.3 Å². The SMILES string of the molecule is CCCN1CC2=C(c3ccc(N(c4ccc(C)cc4)c4ccc(C)cc4)cc3)N(CCC)C(=O)C2=C1c1ccc(N(c2ccc(C)cc2)c2ccc(C)cc2)cc1. The maximum atomic E-state index is 14.7. The van der Waals surface area contributed by atoms with E-state index < -0.39 is 0 Å². The zero-order chi connectivity index (χ0) is 39.6. The van der Waals surface area contributed by atoms with Crippen molar-refractivity contribution >= 4 is 51.4 Å². The topological polar surface area (TPSA) is 30.0 Å². The van der Waals surface area contributed by atoms with Gasteiger partial charge in [0.2, 0.25) is 0 Å². The lowest BCUT2D eigenvalue weighted by molar-refractivity contribution is -0.123. The summed E-state index contributed by atoms with van der Waals surface area (Å²) >= 11 is 0. The van der Waals surface area contributed by atoms with Crippen LogP contribution in [0.1, 0.15) is 60.1 Å². The first-order valence-corrected chi connectivity index (χ1v) is 20.4. The third-order valence-electron chi connectivity index (χ3n) is 11.1. The third-order valence-corrected chi connectivity index (χ3v) is 11.1. The number of hydrogen-bond donors (Lipinski definition) is 0. The molecule has 57 heavy (non-hydrogen) atoms. The van der Waals surface area contributed by atoms with Crippen molar-refractivity contribution in [3.8, 4) is 0 Å². The van der Waals surface area contributed by atoms with Crippen molar-refractivity contribution in [2.45, 2.75) is 54.4 Å². The van der Waals surface area contributed by atoms with Gasteiger partial charge in [0.05, 0.1) is 17.0 Å². The molecule has 5 heteroatoms. The number of hydrogen-bond acceptors (Lipinski definition) is 4. The van der Waals surface area contributed by atoms with E-state index in [9.17, 15) is 4.79 Å². The summed E-state index contributed by atoms with van der Waals surface area (Å²) in [5.41, 5.74) is 17.7. The molecular formula is C52H52N4O. The van der Waals surface area contributed by atoms with Crippen molar-refractivity contribution in [1.82, 2.24) is 9.80 Å². The molecule has 1 amide bonds. The highest BCUT2D eigenvalue weighted by Gasteiger charge is 2.43. The minimum Gasteiger partial charge on any atom is -0.366 e. The number of amides is 1. The van der Waals surface area contributed by atoms with Gasteiger partial charge in [0.1, 0.15) is 0 Å². The molecule has 2 aliphatic rings. The Balaban J connectivity index is 1.19. The molecule has 0 saturated heterocycles. The van der Waals surface area contributed by atoms with E-state index in [0.717, 1.165) is 87.2 Å². The van der Waals surface area contributed by atoms with E-state index >= 15 is 0 Å². The molecular weight excluding hydrogens is 697 g/mol. The van der Waals surface area contributed by atoms with Crippen LogP contribution in [0.3, 0.4) is 0 Å². The van der Waals surface area contributed by atoms with E-state index in [1.54, 1.807) is 0 Å². The van der Waals surface area contributed by atoms with Gasteiger partial charge in [-0.15, -0.1) is 0 Å². The molecule has 0 aliphatic carbocycles. The molecule has 6 aromatic rings. The monoisotopic (exact) mass is 748 g/mol. The molecule has 8 rings (SSSR count). The summed E-state index contributed by atoms with van der Waals surface area (Å²) in [5.74, 6) is 0.102. The van der Waals surface area contributed by atoms with Crippen molar-refractivity contribution in [2.75, 3.05) is 29.4 Å². The average molecular weight is 749 g/mol. The Morgan fingerprint density at radius 1 is 0.439 bits per heavy atom. The lowest BCUT2D eigenvalue weighted by Gasteiger charge is -2.28. The third kappa shape index (κ3) is 7.38. The van der Waals surface area contributed by atoms with Gasteiger partial charge in [-0.05, 0) is 124 Å². The molecule has 0 aromatic heterocycles. The quantitative estimate of drug-likeness (QED) is 0.125. The first kappa shape index (κ1) is 37.6. The molecule has 6 aromatic carbocycles. The predicted octanol–water partition coefficient (Wildman–Crippen LogP) is 13.0.